The fraction of sp³-hybridized carbons (Fsp3) is 0.533. The number of imidazole rings is 1. The van der Waals surface area contributed by atoms with Gasteiger partial charge in [-0.3, -0.25) is 0 Å². The number of fused-ring (bicyclic) bond motifs is 1. The van der Waals surface area contributed by atoms with Crippen molar-refractivity contribution in [1.29, 1.82) is 0 Å². The van der Waals surface area contributed by atoms with Gasteiger partial charge in [0.05, 0.1) is 15.8 Å². The van der Waals surface area contributed by atoms with Crippen LogP contribution in [0.25, 0.3) is 11.0 Å². The first-order valence-corrected chi connectivity index (χ1v) is 9.41. The second-order valence-corrected chi connectivity index (χ2v) is 8.24. The van der Waals surface area contributed by atoms with Crippen molar-refractivity contribution in [3.63, 3.8) is 0 Å². The average molecular weight is 329 g/mol. The summed E-state index contributed by atoms with van der Waals surface area (Å²) in [5.41, 5.74) is 1.35. The molecule has 2 unspecified atom stereocenters. The van der Waals surface area contributed by atoms with Crippen molar-refractivity contribution in [2.45, 2.75) is 44.0 Å². The van der Waals surface area contributed by atoms with E-state index in [1.165, 1.54) is 6.26 Å². The minimum atomic E-state index is -3.31. The van der Waals surface area contributed by atoms with E-state index in [1.807, 2.05) is 13.0 Å². The van der Waals surface area contributed by atoms with Gasteiger partial charge in [-0.1, -0.05) is 26.3 Å². The molecule has 116 valence electrons. The van der Waals surface area contributed by atoms with Crippen molar-refractivity contribution in [2.75, 3.05) is 6.26 Å². The van der Waals surface area contributed by atoms with E-state index in [2.05, 4.69) is 23.4 Å². The molecule has 21 heavy (non-hydrogen) atoms. The standard InChI is InChI=1S/C15H21ClN2O2S/c1-5-10(2)9-18-12-7-6-8-13(21(4,19)20)14(12)17-15(18)11(3)16/h6-8,10-11H,5,9H2,1-4H3. The van der Waals surface area contributed by atoms with Crippen molar-refractivity contribution < 1.29 is 8.42 Å². The smallest absolute Gasteiger partial charge is 0.177 e. The van der Waals surface area contributed by atoms with Crippen LogP contribution in [0.5, 0.6) is 0 Å². The Labute approximate surface area is 131 Å². The molecule has 0 saturated carbocycles. The van der Waals surface area contributed by atoms with Crippen LogP contribution < -0.4 is 0 Å². The molecule has 0 N–H and O–H groups in total. The quantitative estimate of drug-likeness (QED) is 0.785. The lowest BCUT2D eigenvalue weighted by Crippen LogP contribution is -2.10. The van der Waals surface area contributed by atoms with E-state index in [-0.39, 0.29) is 10.3 Å². The minimum Gasteiger partial charge on any atom is -0.326 e. The van der Waals surface area contributed by atoms with Crippen LogP contribution in [0.2, 0.25) is 0 Å². The summed E-state index contributed by atoms with van der Waals surface area (Å²) in [4.78, 5) is 4.78. The number of benzene rings is 1. The fourth-order valence-corrected chi connectivity index (χ4v) is 3.37. The summed E-state index contributed by atoms with van der Waals surface area (Å²) >= 11 is 6.24. The number of alkyl halides is 1. The molecule has 0 radical (unpaired) electrons. The van der Waals surface area contributed by atoms with Gasteiger partial charge in [-0.15, -0.1) is 11.6 Å². The first-order valence-electron chi connectivity index (χ1n) is 7.09. The van der Waals surface area contributed by atoms with Gasteiger partial charge in [0.25, 0.3) is 0 Å². The molecule has 2 aromatic rings. The summed E-state index contributed by atoms with van der Waals surface area (Å²) in [6.07, 6.45) is 2.25. The number of sulfone groups is 1. The van der Waals surface area contributed by atoms with Crippen LogP contribution in [0.4, 0.5) is 0 Å². The second-order valence-electron chi connectivity index (χ2n) is 5.61. The topological polar surface area (TPSA) is 52.0 Å². The average Bonchev–Trinajstić information content (AvgIpc) is 2.76. The van der Waals surface area contributed by atoms with Crippen LogP contribution in [-0.4, -0.2) is 24.2 Å². The first-order chi connectivity index (χ1) is 9.75. The number of hydrogen-bond donors (Lipinski definition) is 0. The van der Waals surface area contributed by atoms with E-state index < -0.39 is 9.84 Å². The number of rotatable bonds is 5. The predicted octanol–water partition coefficient (Wildman–Crippen LogP) is 3.79. The highest BCUT2D eigenvalue weighted by molar-refractivity contribution is 7.91. The van der Waals surface area contributed by atoms with Crippen LogP contribution in [-0.2, 0) is 16.4 Å². The summed E-state index contributed by atoms with van der Waals surface area (Å²) in [5, 5.41) is -0.270. The lowest BCUT2D eigenvalue weighted by molar-refractivity contribution is 0.465. The zero-order valence-electron chi connectivity index (χ0n) is 12.8. The van der Waals surface area contributed by atoms with E-state index >= 15 is 0 Å². The first kappa shape index (κ1) is 16.3. The van der Waals surface area contributed by atoms with Crippen molar-refractivity contribution in [1.82, 2.24) is 9.55 Å². The van der Waals surface area contributed by atoms with Gasteiger partial charge in [0, 0.05) is 12.8 Å². The molecular formula is C15H21ClN2O2S. The fourth-order valence-electron chi connectivity index (χ4n) is 2.37. The SMILES string of the molecule is CCC(C)Cn1c(C(C)Cl)nc2c(S(C)(=O)=O)cccc21. The summed E-state index contributed by atoms with van der Waals surface area (Å²) < 4.78 is 25.9. The maximum atomic E-state index is 11.9. The summed E-state index contributed by atoms with van der Waals surface area (Å²) in [5.74, 6) is 1.20. The second kappa shape index (κ2) is 5.97. The van der Waals surface area contributed by atoms with E-state index in [9.17, 15) is 8.42 Å². The number of para-hydroxylation sites is 1. The van der Waals surface area contributed by atoms with Crippen molar-refractivity contribution in [3.05, 3.63) is 24.0 Å². The molecule has 0 fully saturated rings. The lowest BCUT2D eigenvalue weighted by atomic mass is 10.1. The van der Waals surface area contributed by atoms with Crippen LogP contribution in [0.3, 0.4) is 0 Å². The third-order valence-electron chi connectivity index (χ3n) is 3.72. The molecule has 1 heterocycles. The van der Waals surface area contributed by atoms with Gasteiger partial charge in [0.2, 0.25) is 0 Å². The Morgan fingerprint density at radius 3 is 2.52 bits per heavy atom. The minimum absolute atomic E-state index is 0.265. The largest absolute Gasteiger partial charge is 0.326 e. The van der Waals surface area contributed by atoms with Gasteiger partial charge in [-0.05, 0) is 25.0 Å². The number of hydrogen-bond acceptors (Lipinski definition) is 3. The molecule has 0 aliphatic carbocycles. The van der Waals surface area contributed by atoms with Crippen molar-refractivity contribution in [2.24, 2.45) is 5.92 Å². The Balaban J connectivity index is 2.74. The van der Waals surface area contributed by atoms with E-state index in [0.29, 0.717) is 11.4 Å². The molecule has 1 aromatic heterocycles. The Kier molecular flexibility index (Phi) is 4.63. The highest BCUT2D eigenvalue weighted by Gasteiger charge is 2.21. The van der Waals surface area contributed by atoms with Gasteiger partial charge in [0.15, 0.2) is 9.84 Å². The molecule has 0 amide bonds. The van der Waals surface area contributed by atoms with E-state index in [1.54, 1.807) is 12.1 Å². The Bertz CT molecular complexity index is 750. The molecule has 0 aliphatic rings. The zero-order chi connectivity index (χ0) is 15.8. The molecule has 2 atom stereocenters. The molecule has 2 rings (SSSR count). The monoisotopic (exact) mass is 328 g/mol. The Morgan fingerprint density at radius 2 is 2.00 bits per heavy atom. The highest BCUT2D eigenvalue weighted by Crippen LogP contribution is 2.29. The highest BCUT2D eigenvalue weighted by atomic mass is 35.5. The third-order valence-corrected chi connectivity index (χ3v) is 5.04. The van der Waals surface area contributed by atoms with Crippen molar-refractivity contribution >= 4 is 32.5 Å². The third kappa shape index (κ3) is 3.24. The van der Waals surface area contributed by atoms with Gasteiger partial charge < -0.3 is 4.57 Å². The maximum Gasteiger partial charge on any atom is 0.177 e. The van der Waals surface area contributed by atoms with Crippen LogP contribution in [0.1, 0.15) is 38.4 Å². The Hall–Kier alpha value is -1.07. The molecule has 0 aliphatic heterocycles. The number of nitrogens with zero attached hydrogens (tertiary/aromatic N) is 2. The zero-order valence-corrected chi connectivity index (χ0v) is 14.4. The van der Waals surface area contributed by atoms with Crippen LogP contribution in [0.15, 0.2) is 23.1 Å². The van der Waals surface area contributed by atoms with Gasteiger partial charge in [-0.2, -0.15) is 0 Å². The predicted molar refractivity (Wildman–Crippen MR) is 86.6 cm³/mol. The molecule has 6 heteroatoms. The summed E-state index contributed by atoms with van der Waals surface area (Å²) in [6.45, 7) is 6.94. The lowest BCUT2D eigenvalue weighted by Gasteiger charge is -2.14. The molecule has 1 aromatic carbocycles. The van der Waals surface area contributed by atoms with E-state index in [4.69, 9.17) is 11.6 Å². The van der Waals surface area contributed by atoms with Crippen LogP contribution >= 0.6 is 11.6 Å². The summed E-state index contributed by atoms with van der Waals surface area (Å²) in [7, 11) is -3.31. The normalized spacial score (nSPS) is 15.3. The van der Waals surface area contributed by atoms with Gasteiger partial charge in [-0.25, -0.2) is 13.4 Å². The maximum absolute atomic E-state index is 11.9. The van der Waals surface area contributed by atoms with Crippen molar-refractivity contribution in [3.8, 4) is 0 Å². The van der Waals surface area contributed by atoms with E-state index in [0.717, 1.165) is 24.3 Å². The molecule has 0 saturated heterocycles. The molecule has 4 nitrogen and oxygen atoms in total. The van der Waals surface area contributed by atoms with Crippen LogP contribution in [0, 0.1) is 5.92 Å². The number of aromatic nitrogens is 2. The molecule has 0 bridgehead atoms. The summed E-state index contributed by atoms with van der Waals surface area (Å²) in [6, 6.07) is 5.26. The van der Waals surface area contributed by atoms with Gasteiger partial charge >= 0.3 is 0 Å². The Morgan fingerprint density at radius 1 is 1.33 bits per heavy atom. The molecule has 0 spiro atoms. The molecular weight excluding hydrogens is 308 g/mol. The number of halogens is 1. The van der Waals surface area contributed by atoms with Gasteiger partial charge in [0.1, 0.15) is 11.3 Å².